The largest absolute Gasteiger partial charge is 0.462 e. The molecule has 0 saturated heterocycles. The Bertz CT molecular complexity index is 874. The van der Waals surface area contributed by atoms with E-state index in [2.05, 4.69) is 22.3 Å². The summed E-state index contributed by atoms with van der Waals surface area (Å²) in [6.45, 7) is 3.30. The second-order valence-electron chi connectivity index (χ2n) is 6.98. The molecule has 4 rings (SSSR count). The summed E-state index contributed by atoms with van der Waals surface area (Å²) in [6.07, 6.45) is 5.02. The van der Waals surface area contributed by atoms with Crippen molar-refractivity contribution in [3.8, 4) is 0 Å². The number of para-hydroxylation sites is 1. The summed E-state index contributed by atoms with van der Waals surface area (Å²) >= 11 is 1.53. The molecular formula is C21H24N2O3S. The summed E-state index contributed by atoms with van der Waals surface area (Å²) in [4.78, 5) is 28.5. The zero-order valence-corrected chi connectivity index (χ0v) is 16.4. The number of thiophene rings is 1. The van der Waals surface area contributed by atoms with Gasteiger partial charge < -0.3 is 15.0 Å². The molecular weight excluding hydrogens is 360 g/mol. The van der Waals surface area contributed by atoms with Gasteiger partial charge in [-0.3, -0.25) is 4.79 Å². The van der Waals surface area contributed by atoms with Crippen molar-refractivity contribution < 1.29 is 14.3 Å². The minimum atomic E-state index is -0.324. The molecule has 1 aromatic heterocycles. The minimum Gasteiger partial charge on any atom is -0.462 e. The zero-order chi connectivity index (χ0) is 18.8. The van der Waals surface area contributed by atoms with Crippen molar-refractivity contribution in [2.75, 3.05) is 29.9 Å². The van der Waals surface area contributed by atoms with E-state index in [4.69, 9.17) is 4.74 Å². The Kier molecular flexibility index (Phi) is 5.16. The number of hydrogen-bond donors (Lipinski definition) is 1. The van der Waals surface area contributed by atoms with Crippen LogP contribution in [0, 0.1) is 0 Å². The van der Waals surface area contributed by atoms with E-state index in [0.29, 0.717) is 23.7 Å². The Balaban J connectivity index is 1.52. The average molecular weight is 385 g/mol. The van der Waals surface area contributed by atoms with Gasteiger partial charge in [0.2, 0.25) is 5.91 Å². The van der Waals surface area contributed by atoms with E-state index in [1.54, 1.807) is 6.92 Å². The van der Waals surface area contributed by atoms with Crippen molar-refractivity contribution in [3.63, 3.8) is 0 Å². The van der Waals surface area contributed by atoms with Gasteiger partial charge in [0.05, 0.1) is 18.7 Å². The molecule has 1 aliphatic heterocycles. The van der Waals surface area contributed by atoms with Crippen LogP contribution in [-0.2, 0) is 28.8 Å². The third-order valence-corrected chi connectivity index (χ3v) is 6.40. The second kappa shape index (κ2) is 7.72. The third-order valence-electron chi connectivity index (χ3n) is 5.19. The summed E-state index contributed by atoms with van der Waals surface area (Å²) in [6, 6.07) is 8.26. The monoisotopic (exact) mass is 384 g/mol. The molecule has 27 heavy (non-hydrogen) atoms. The van der Waals surface area contributed by atoms with Crippen molar-refractivity contribution >= 4 is 33.9 Å². The summed E-state index contributed by atoms with van der Waals surface area (Å²) in [5.41, 5.74) is 4.07. The SMILES string of the molecule is CCOC(=O)c1c(NC(=O)CN2CCCc3ccccc32)sc2c1CCC2. The van der Waals surface area contributed by atoms with Crippen LogP contribution in [-0.4, -0.2) is 31.6 Å². The lowest BCUT2D eigenvalue weighted by Crippen LogP contribution is -2.36. The molecule has 2 heterocycles. The van der Waals surface area contributed by atoms with Crippen LogP contribution in [0.25, 0.3) is 0 Å². The number of nitrogens with zero attached hydrogens (tertiary/aromatic N) is 1. The molecule has 1 aliphatic carbocycles. The fourth-order valence-electron chi connectivity index (χ4n) is 4.03. The fraction of sp³-hybridized carbons (Fsp3) is 0.429. The van der Waals surface area contributed by atoms with Gasteiger partial charge in [0, 0.05) is 17.1 Å². The number of aryl methyl sites for hydroxylation is 2. The first-order valence-electron chi connectivity index (χ1n) is 9.61. The topological polar surface area (TPSA) is 58.6 Å². The fourth-order valence-corrected chi connectivity index (χ4v) is 5.32. The quantitative estimate of drug-likeness (QED) is 0.797. The normalized spacial score (nSPS) is 15.2. The number of ether oxygens (including phenoxy) is 1. The number of carbonyl (C=O) groups is 2. The molecule has 0 atom stereocenters. The smallest absolute Gasteiger partial charge is 0.341 e. The standard InChI is InChI=1S/C21H24N2O3S/c1-2-26-21(25)19-15-9-5-11-17(15)27-20(19)22-18(24)13-23-12-6-8-14-7-3-4-10-16(14)23/h3-4,7,10H,2,5-6,8-9,11-13H2,1H3,(H,22,24). The average Bonchev–Trinajstić information content (AvgIpc) is 3.22. The first-order chi connectivity index (χ1) is 13.2. The number of hydrogen-bond acceptors (Lipinski definition) is 5. The van der Waals surface area contributed by atoms with Crippen LogP contribution in [0.15, 0.2) is 24.3 Å². The van der Waals surface area contributed by atoms with Crippen molar-refractivity contribution in [1.82, 2.24) is 0 Å². The summed E-state index contributed by atoms with van der Waals surface area (Å²) in [7, 11) is 0. The van der Waals surface area contributed by atoms with Gasteiger partial charge in [-0.1, -0.05) is 18.2 Å². The Hall–Kier alpha value is -2.34. The minimum absolute atomic E-state index is 0.0859. The molecule has 0 fully saturated rings. The van der Waals surface area contributed by atoms with Gasteiger partial charge in [-0.2, -0.15) is 0 Å². The van der Waals surface area contributed by atoms with Crippen molar-refractivity contribution in [2.24, 2.45) is 0 Å². The predicted octanol–water partition coefficient (Wildman–Crippen LogP) is 3.80. The van der Waals surface area contributed by atoms with E-state index in [9.17, 15) is 9.59 Å². The van der Waals surface area contributed by atoms with Gasteiger partial charge in [-0.25, -0.2) is 4.79 Å². The lowest BCUT2D eigenvalue weighted by molar-refractivity contribution is -0.115. The molecule has 142 valence electrons. The highest BCUT2D eigenvalue weighted by atomic mass is 32.1. The zero-order valence-electron chi connectivity index (χ0n) is 15.5. The van der Waals surface area contributed by atoms with E-state index >= 15 is 0 Å². The molecule has 0 radical (unpaired) electrons. The van der Waals surface area contributed by atoms with Gasteiger partial charge in [0.25, 0.3) is 0 Å². The van der Waals surface area contributed by atoms with E-state index in [0.717, 1.165) is 49.9 Å². The summed E-state index contributed by atoms with van der Waals surface area (Å²) in [5, 5.41) is 3.64. The maximum Gasteiger partial charge on any atom is 0.341 e. The van der Waals surface area contributed by atoms with Crippen LogP contribution in [0.2, 0.25) is 0 Å². The lowest BCUT2D eigenvalue weighted by Gasteiger charge is -2.30. The van der Waals surface area contributed by atoms with Crippen LogP contribution in [0.1, 0.15) is 46.1 Å². The number of fused-ring (bicyclic) bond motifs is 2. The molecule has 5 nitrogen and oxygen atoms in total. The van der Waals surface area contributed by atoms with Gasteiger partial charge in [0.1, 0.15) is 5.00 Å². The van der Waals surface area contributed by atoms with Gasteiger partial charge in [-0.15, -0.1) is 11.3 Å². The molecule has 1 N–H and O–H groups in total. The Morgan fingerprint density at radius 1 is 1.19 bits per heavy atom. The maximum atomic E-state index is 12.8. The molecule has 1 aromatic carbocycles. The number of carbonyl (C=O) groups excluding carboxylic acids is 2. The highest BCUT2D eigenvalue weighted by Crippen LogP contribution is 2.39. The van der Waals surface area contributed by atoms with Crippen LogP contribution < -0.4 is 10.2 Å². The second-order valence-corrected chi connectivity index (χ2v) is 8.09. The number of nitrogens with one attached hydrogen (secondary N) is 1. The van der Waals surface area contributed by atoms with Crippen LogP contribution >= 0.6 is 11.3 Å². The van der Waals surface area contributed by atoms with E-state index in [1.165, 1.54) is 21.8 Å². The number of benzene rings is 1. The number of amides is 1. The Morgan fingerprint density at radius 3 is 2.89 bits per heavy atom. The number of anilines is 2. The summed E-state index contributed by atoms with van der Waals surface area (Å²) < 4.78 is 5.24. The first kappa shape index (κ1) is 18.0. The molecule has 2 aromatic rings. The molecule has 6 heteroatoms. The molecule has 2 aliphatic rings. The Morgan fingerprint density at radius 2 is 2.04 bits per heavy atom. The van der Waals surface area contributed by atoms with E-state index in [1.807, 2.05) is 12.1 Å². The van der Waals surface area contributed by atoms with Gasteiger partial charge in [0.15, 0.2) is 0 Å². The first-order valence-corrected chi connectivity index (χ1v) is 10.4. The van der Waals surface area contributed by atoms with Crippen molar-refractivity contribution in [3.05, 3.63) is 45.8 Å². The third kappa shape index (κ3) is 3.58. The van der Waals surface area contributed by atoms with E-state index in [-0.39, 0.29) is 11.9 Å². The lowest BCUT2D eigenvalue weighted by atomic mass is 10.0. The van der Waals surface area contributed by atoms with Crippen molar-refractivity contribution in [2.45, 2.75) is 39.0 Å². The number of esters is 1. The molecule has 1 amide bonds. The highest BCUT2D eigenvalue weighted by molar-refractivity contribution is 7.17. The van der Waals surface area contributed by atoms with Crippen LogP contribution in [0.4, 0.5) is 10.7 Å². The Labute approximate surface area is 163 Å². The number of rotatable bonds is 5. The van der Waals surface area contributed by atoms with Crippen molar-refractivity contribution in [1.29, 1.82) is 0 Å². The van der Waals surface area contributed by atoms with Crippen LogP contribution in [0.3, 0.4) is 0 Å². The maximum absolute atomic E-state index is 12.8. The molecule has 0 saturated carbocycles. The summed E-state index contributed by atoms with van der Waals surface area (Å²) in [5.74, 6) is -0.410. The van der Waals surface area contributed by atoms with Gasteiger partial charge >= 0.3 is 5.97 Å². The molecule has 0 bridgehead atoms. The van der Waals surface area contributed by atoms with E-state index < -0.39 is 0 Å². The molecule has 0 unspecified atom stereocenters. The highest BCUT2D eigenvalue weighted by Gasteiger charge is 2.29. The molecule has 0 spiro atoms. The van der Waals surface area contributed by atoms with Gasteiger partial charge in [-0.05, 0) is 56.2 Å². The predicted molar refractivity (Wildman–Crippen MR) is 108 cm³/mol. The van der Waals surface area contributed by atoms with Crippen LogP contribution in [0.5, 0.6) is 0 Å².